The Morgan fingerprint density at radius 1 is 0.854 bits per heavy atom. The molecule has 0 unspecified atom stereocenters. The summed E-state index contributed by atoms with van der Waals surface area (Å²) in [6.07, 6.45) is -0.267. The second-order valence-electron chi connectivity index (χ2n) is 9.19. The first-order chi connectivity index (χ1) is 19.7. The molecule has 41 heavy (non-hydrogen) atoms. The number of benzene rings is 3. The number of urea groups is 1. The first-order valence-corrected chi connectivity index (χ1v) is 12.9. The molecule has 11 nitrogen and oxygen atoms in total. The van der Waals surface area contributed by atoms with Crippen LogP contribution < -0.4 is 25.4 Å². The highest BCUT2D eigenvalue weighted by Gasteiger charge is 2.17. The zero-order valence-electron chi connectivity index (χ0n) is 23.2. The number of anilines is 2. The summed E-state index contributed by atoms with van der Waals surface area (Å²) in [6.45, 7) is 1.75. The Morgan fingerprint density at radius 3 is 2.32 bits per heavy atom. The van der Waals surface area contributed by atoms with Crippen molar-refractivity contribution in [2.75, 3.05) is 37.9 Å². The van der Waals surface area contributed by atoms with E-state index in [9.17, 15) is 19.2 Å². The summed E-state index contributed by atoms with van der Waals surface area (Å²) >= 11 is 0. The van der Waals surface area contributed by atoms with Crippen LogP contribution in [0.2, 0.25) is 0 Å². The minimum atomic E-state index is -1.03. The molecular weight excluding hydrogens is 528 g/mol. The number of carboxylic acid groups (broad SMARTS) is 1. The fourth-order valence-corrected chi connectivity index (χ4v) is 3.99. The smallest absolute Gasteiger partial charge is 0.323 e. The quantitative estimate of drug-likeness (QED) is 0.248. The second kappa shape index (κ2) is 14.9. The van der Waals surface area contributed by atoms with E-state index in [0.29, 0.717) is 28.4 Å². The maximum absolute atomic E-state index is 12.9. The van der Waals surface area contributed by atoms with Gasteiger partial charge in [0.25, 0.3) is 0 Å². The molecule has 0 aromatic heterocycles. The van der Waals surface area contributed by atoms with Crippen LogP contribution in [0, 0.1) is 6.92 Å². The van der Waals surface area contributed by atoms with Crippen molar-refractivity contribution in [2.45, 2.75) is 26.3 Å². The summed E-state index contributed by atoms with van der Waals surface area (Å²) in [5.41, 5.74) is 3.39. The summed E-state index contributed by atoms with van der Waals surface area (Å²) in [6, 6.07) is 19.0. The van der Waals surface area contributed by atoms with Gasteiger partial charge in [-0.25, -0.2) is 4.79 Å². The maximum Gasteiger partial charge on any atom is 0.323 e. The van der Waals surface area contributed by atoms with Crippen molar-refractivity contribution in [3.8, 4) is 11.5 Å². The van der Waals surface area contributed by atoms with Crippen molar-refractivity contribution in [1.29, 1.82) is 0 Å². The number of nitrogens with one attached hydrogen (secondary N) is 3. The molecule has 0 radical (unpaired) electrons. The molecule has 0 fully saturated rings. The van der Waals surface area contributed by atoms with Crippen molar-refractivity contribution in [2.24, 2.45) is 0 Å². The fraction of sp³-hybridized carbons (Fsp3) is 0.267. The minimum Gasteiger partial charge on any atom is -0.497 e. The summed E-state index contributed by atoms with van der Waals surface area (Å²) in [5, 5.41) is 17.2. The van der Waals surface area contributed by atoms with Gasteiger partial charge in [0.15, 0.2) is 0 Å². The number of carbonyl (C=O) groups is 4. The third kappa shape index (κ3) is 9.57. The average Bonchev–Trinajstić information content (AvgIpc) is 2.96. The molecule has 0 heterocycles. The van der Waals surface area contributed by atoms with Crippen molar-refractivity contribution >= 4 is 35.2 Å². The highest BCUT2D eigenvalue weighted by atomic mass is 16.5. The molecule has 0 atom stereocenters. The number of carbonyl (C=O) groups excluding carboxylic acids is 3. The van der Waals surface area contributed by atoms with Gasteiger partial charge in [-0.15, -0.1) is 0 Å². The molecule has 0 saturated carbocycles. The summed E-state index contributed by atoms with van der Waals surface area (Å²) < 4.78 is 10.6. The van der Waals surface area contributed by atoms with E-state index in [0.717, 1.165) is 11.1 Å². The molecule has 0 aliphatic heterocycles. The van der Waals surface area contributed by atoms with Gasteiger partial charge >= 0.3 is 12.0 Å². The van der Waals surface area contributed by atoms with Gasteiger partial charge < -0.3 is 35.4 Å². The first kappa shape index (κ1) is 30.5. The minimum absolute atomic E-state index is 0.00960. The zero-order valence-corrected chi connectivity index (χ0v) is 23.2. The van der Waals surface area contributed by atoms with E-state index in [1.165, 1.54) is 19.1 Å². The van der Waals surface area contributed by atoms with Gasteiger partial charge in [-0.2, -0.15) is 0 Å². The third-order valence-electron chi connectivity index (χ3n) is 6.16. The summed E-state index contributed by atoms with van der Waals surface area (Å²) in [4.78, 5) is 50.5. The van der Waals surface area contributed by atoms with Gasteiger partial charge in [-0.1, -0.05) is 36.4 Å². The molecule has 0 aliphatic rings. The number of hydrogen-bond acceptors (Lipinski definition) is 6. The van der Waals surface area contributed by atoms with Gasteiger partial charge in [-0.05, 0) is 53.9 Å². The fourth-order valence-electron chi connectivity index (χ4n) is 3.99. The lowest BCUT2D eigenvalue weighted by Gasteiger charge is -2.22. The van der Waals surface area contributed by atoms with Crippen molar-refractivity contribution in [3.63, 3.8) is 0 Å². The topological polar surface area (TPSA) is 146 Å². The third-order valence-corrected chi connectivity index (χ3v) is 6.16. The van der Waals surface area contributed by atoms with Gasteiger partial charge in [-0.3, -0.25) is 14.4 Å². The van der Waals surface area contributed by atoms with Crippen LogP contribution in [0.3, 0.4) is 0 Å². The molecule has 0 saturated heterocycles. The Kier molecular flexibility index (Phi) is 11.1. The number of aryl methyl sites for hydroxylation is 1. The Bertz CT molecular complexity index is 1390. The van der Waals surface area contributed by atoms with Gasteiger partial charge in [0, 0.05) is 18.8 Å². The van der Waals surface area contributed by atoms with E-state index < -0.39 is 23.8 Å². The van der Waals surface area contributed by atoms with Crippen LogP contribution in [0.15, 0.2) is 66.7 Å². The molecule has 216 valence electrons. The number of methoxy groups -OCH3 is 2. The second-order valence-corrected chi connectivity index (χ2v) is 9.19. The van der Waals surface area contributed by atoms with Crippen LogP contribution in [0.25, 0.3) is 0 Å². The molecule has 0 spiro atoms. The predicted octanol–water partition coefficient (Wildman–Crippen LogP) is 3.82. The Morgan fingerprint density at radius 2 is 1.61 bits per heavy atom. The molecule has 0 aliphatic carbocycles. The van der Waals surface area contributed by atoms with E-state index in [-0.39, 0.29) is 32.5 Å². The van der Waals surface area contributed by atoms with Crippen LogP contribution in [0.4, 0.5) is 16.2 Å². The number of ether oxygens (including phenoxy) is 2. The lowest BCUT2D eigenvalue weighted by Crippen LogP contribution is -2.41. The SMILES string of the molecule is COc1cccc(CN(CCC(=O)O)C(=O)CNC(=O)Cc2ccc(NC(=O)Nc3ccccc3C)c(OC)c2)c1. The number of rotatable bonds is 13. The highest BCUT2D eigenvalue weighted by molar-refractivity contribution is 6.01. The van der Waals surface area contributed by atoms with Gasteiger partial charge in [0.05, 0.1) is 39.3 Å². The van der Waals surface area contributed by atoms with Gasteiger partial charge in [0.1, 0.15) is 11.5 Å². The number of para-hydroxylation sites is 1. The van der Waals surface area contributed by atoms with Crippen LogP contribution in [-0.2, 0) is 27.3 Å². The van der Waals surface area contributed by atoms with Crippen molar-refractivity contribution < 1.29 is 33.8 Å². The molecule has 3 aromatic rings. The van der Waals surface area contributed by atoms with Crippen LogP contribution in [0.5, 0.6) is 11.5 Å². The Labute approximate surface area is 238 Å². The largest absolute Gasteiger partial charge is 0.497 e. The van der Waals surface area contributed by atoms with E-state index in [2.05, 4.69) is 16.0 Å². The average molecular weight is 563 g/mol. The van der Waals surface area contributed by atoms with Crippen LogP contribution >= 0.6 is 0 Å². The molecular formula is C30H34N4O7. The molecule has 3 aromatic carbocycles. The normalized spacial score (nSPS) is 10.3. The lowest BCUT2D eigenvalue weighted by molar-refractivity contribution is -0.139. The lowest BCUT2D eigenvalue weighted by atomic mass is 10.1. The number of nitrogens with zero attached hydrogens (tertiary/aromatic N) is 1. The zero-order chi connectivity index (χ0) is 29.8. The summed E-state index contributed by atoms with van der Waals surface area (Å²) in [5.74, 6) is -0.872. The standard InChI is InChI=1S/C30H34N4O7/c1-20-7-4-5-10-24(20)32-30(39)33-25-12-11-21(16-26(25)41-3)17-27(35)31-18-28(36)34(14-13-29(37)38)19-22-8-6-9-23(15-22)40-2/h4-12,15-16H,13-14,17-19H2,1-3H3,(H,31,35)(H,37,38)(H2,32,33,39). The molecule has 4 amide bonds. The van der Waals surface area contributed by atoms with Crippen molar-refractivity contribution in [1.82, 2.24) is 10.2 Å². The molecule has 11 heteroatoms. The van der Waals surface area contributed by atoms with Crippen molar-refractivity contribution in [3.05, 3.63) is 83.4 Å². The number of carboxylic acids is 1. The maximum atomic E-state index is 12.9. The van der Waals surface area contributed by atoms with Gasteiger partial charge in [0.2, 0.25) is 11.8 Å². The predicted molar refractivity (Wildman–Crippen MR) is 154 cm³/mol. The Hall–Kier alpha value is -5.06. The highest BCUT2D eigenvalue weighted by Crippen LogP contribution is 2.26. The Balaban J connectivity index is 1.58. The first-order valence-electron chi connectivity index (χ1n) is 12.9. The number of hydrogen-bond donors (Lipinski definition) is 4. The van der Waals surface area contributed by atoms with Crippen LogP contribution in [-0.4, -0.2) is 61.1 Å². The number of aliphatic carboxylic acids is 1. The number of amides is 4. The van der Waals surface area contributed by atoms with Crippen LogP contribution in [0.1, 0.15) is 23.1 Å². The van der Waals surface area contributed by atoms with E-state index in [1.807, 2.05) is 25.1 Å². The van der Waals surface area contributed by atoms with E-state index in [1.54, 1.807) is 48.5 Å². The molecule has 0 bridgehead atoms. The van der Waals surface area contributed by atoms with E-state index >= 15 is 0 Å². The molecule has 4 N–H and O–H groups in total. The van der Waals surface area contributed by atoms with E-state index in [4.69, 9.17) is 14.6 Å². The molecule has 3 rings (SSSR count). The summed E-state index contributed by atoms with van der Waals surface area (Å²) in [7, 11) is 2.99. The monoisotopic (exact) mass is 562 g/mol.